The number of aromatic nitrogens is 3. The monoisotopic (exact) mass is 985 g/mol. The second-order valence-corrected chi connectivity index (χ2v) is 21.1. The summed E-state index contributed by atoms with van der Waals surface area (Å²) in [4.78, 5) is 16.1. The molecule has 2 aliphatic carbocycles. The number of para-hydroxylation sites is 2. The molecule has 5 nitrogen and oxygen atoms in total. The average molecular weight is 986 g/mol. The Balaban J connectivity index is 0.815. The van der Waals surface area contributed by atoms with Crippen LogP contribution >= 0.6 is 11.3 Å². The van der Waals surface area contributed by atoms with Crippen molar-refractivity contribution in [3.8, 4) is 78.7 Å². The molecule has 6 heteroatoms. The standard InChI is InChI=1S/C70H39N3O2S/c1-6-25-54-44(15-1)45-16-2-7-26-55(45)70(54)56-27-8-3-18-48(56)63-43(20-12-28-57(63)70)41-35-33-40(34-36-41)42-37-38-59-53(39-42)64-50(22-13-30-60(64)74-59)67-71-68(51-23-14-32-62-65(51)49-19-5-10-31-61(49)76-62)73-69(72-67)52-24-11-21-47-46-17-4-9-29-58(46)75-66(47)52/h1-39H. The summed E-state index contributed by atoms with van der Waals surface area (Å²) in [7, 11) is 0. The van der Waals surface area contributed by atoms with Gasteiger partial charge in [0.25, 0.3) is 0 Å². The first-order valence-corrected chi connectivity index (χ1v) is 26.6. The molecule has 0 atom stereocenters. The highest BCUT2D eigenvalue weighted by atomic mass is 32.1. The van der Waals surface area contributed by atoms with E-state index in [4.69, 9.17) is 23.8 Å². The molecule has 0 unspecified atom stereocenters. The van der Waals surface area contributed by atoms with Crippen LogP contribution < -0.4 is 0 Å². The molecular weight excluding hydrogens is 947 g/mol. The highest BCUT2D eigenvalue weighted by molar-refractivity contribution is 7.25. The number of rotatable bonds is 5. The predicted octanol–water partition coefficient (Wildman–Crippen LogP) is 18.7. The zero-order valence-corrected chi connectivity index (χ0v) is 41.4. The molecule has 0 saturated carbocycles. The number of hydrogen-bond donors (Lipinski definition) is 0. The minimum atomic E-state index is -0.392. The quantitative estimate of drug-likeness (QED) is 0.172. The van der Waals surface area contributed by atoms with Crippen LogP contribution in [0.1, 0.15) is 22.3 Å². The molecule has 76 heavy (non-hydrogen) atoms. The molecule has 1 spiro atoms. The van der Waals surface area contributed by atoms with E-state index in [1.165, 1.54) is 70.4 Å². The first kappa shape index (κ1) is 41.7. The maximum absolute atomic E-state index is 6.67. The number of hydrogen-bond acceptors (Lipinski definition) is 6. The number of thiophene rings is 1. The van der Waals surface area contributed by atoms with Gasteiger partial charge in [0.2, 0.25) is 0 Å². The summed E-state index contributed by atoms with van der Waals surface area (Å²) < 4.78 is 15.7. The minimum Gasteiger partial charge on any atom is -0.456 e. The van der Waals surface area contributed by atoms with Crippen LogP contribution in [-0.2, 0) is 5.41 Å². The van der Waals surface area contributed by atoms with Gasteiger partial charge < -0.3 is 8.83 Å². The summed E-state index contributed by atoms with van der Waals surface area (Å²) in [5.41, 5.74) is 20.5. The van der Waals surface area contributed by atoms with Gasteiger partial charge in [0.1, 0.15) is 22.3 Å². The Morgan fingerprint density at radius 2 is 0.803 bits per heavy atom. The second-order valence-electron chi connectivity index (χ2n) is 20.0. The Labute approximate surface area is 439 Å². The molecule has 4 heterocycles. The third kappa shape index (κ3) is 5.71. The van der Waals surface area contributed by atoms with Crippen LogP contribution in [-0.4, -0.2) is 15.0 Å². The van der Waals surface area contributed by atoms with Crippen molar-refractivity contribution in [3.05, 3.63) is 259 Å². The molecule has 15 aromatic rings. The second kappa shape index (κ2) is 15.6. The lowest BCUT2D eigenvalue weighted by Crippen LogP contribution is -2.25. The van der Waals surface area contributed by atoms with Gasteiger partial charge in [-0.15, -0.1) is 11.3 Å². The Morgan fingerprint density at radius 3 is 1.59 bits per heavy atom. The van der Waals surface area contributed by atoms with E-state index in [1.807, 2.05) is 36.4 Å². The van der Waals surface area contributed by atoms with Crippen LogP contribution in [0.2, 0.25) is 0 Å². The van der Waals surface area contributed by atoms with Crippen molar-refractivity contribution < 1.29 is 8.83 Å². The summed E-state index contributed by atoms with van der Waals surface area (Å²) >= 11 is 1.78. The molecule has 4 aromatic heterocycles. The molecule has 11 aromatic carbocycles. The first-order valence-electron chi connectivity index (χ1n) is 25.7. The largest absolute Gasteiger partial charge is 0.456 e. The number of benzene rings is 11. The van der Waals surface area contributed by atoms with Gasteiger partial charge in [-0.1, -0.05) is 194 Å². The normalized spacial score (nSPS) is 13.1. The van der Waals surface area contributed by atoms with E-state index < -0.39 is 5.41 Å². The fraction of sp³-hybridized carbons (Fsp3) is 0.0143. The molecule has 0 bridgehead atoms. The lowest BCUT2D eigenvalue weighted by atomic mass is 9.70. The number of nitrogens with zero attached hydrogens (tertiary/aromatic N) is 3. The Bertz CT molecular complexity index is 4920. The summed E-state index contributed by atoms with van der Waals surface area (Å²) in [6.45, 7) is 0. The zero-order valence-electron chi connectivity index (χ0n) is 40.6. The van der Waals surface area contributed by atoms with Crippen LogP contribution in [0.3, 0.4) is 0 Å². The van der Waals surface area contributed by atoms with Crippen molar-refractivity contribution >= 4 is 75.4 Å². The summed E-state index contributed by atoms with van der Waals surface area (Å²) in [6, 6.07) is 85.0. The van der Waals surface area contributed by atoms with E-state index in [0.717, 1.165) is 77.1 Å². The third-order valence-corrected chi connectivity index (χ3v) is 17.3. The van der Waals surface area contributed by atoms with E-state index in [9.17, 15) is 0 Å². The summed E-state index contributed by atoms with van der Waals surface area (Å²) in [5.74, 6) is 1.68. The van der Waals surface area contributed by atoms with Gasteiger partial charge in [0.15, 0.2) is 17.5 Å². The van der Waals surface area contributed by atoms with Crippen molar-refractivity contribution in [2.75, 3.05) is 0 Å². The van der Waals surface area contributed by atoms with Gasteiger partial charge in [-0.3, -0.25) is 0 Å². The maximum atomic E-state index is 6.67. The van der Waals surface area contributed by atoms with Crippen molar-refractivity contribution in [2.24, 2.45) is 0 Å². The summed E-state index contributed by atoms with van der Waals surface area (Å²) in [6.07, 6.45) is 0. The smallest absolute Gasteiger partial charge is 0.167 e. The zero-order chi connectivity index (χ0) is 49.6. The van der Waals surface area contributed by atoms with Crippen molar-refractivity contribution in [2.45, 2.75) is 5.41 Å². The lowest BCUT2D eigenvalue weighted by Gasteiger charge is -2.30. The predicted molar refractivity (Wildman–Crippen MR) is 311 cm³/mol. The molecule has 352 valence electrons. The minimum absolute atomic E-state index is 0.392. The average Bonchev–Trinajstić information content (AvgIpc) is 4.39. The highest BCUT2D eigenvalue weighted by Crippen LogP contribution is 2.64. The van der Waals surface area contributed by atoms with E-state index in [1.54, 1.807) is 11.3 Å². The van der Waals surface area contributed by atoms with E-state index in [0.29, 0.717) is 17.5 Å². The van der Waals surface area contributed by atoms with E-state index in [2.05, 4.69) is 200 Å². The van der Waals surface area contributed by atoms with Crippen LogP contribution in [0.5, 0.6) is 0 Å². The molecular formula is C70H39N3O2S. The molecule has 0 N–H and O–H groups in total. The van der Waals surface area contributed by atoms with Crippen molar-refractivity contribution in [3.63, 3.8) is 0 Å². The topological polar surface area (TPSA) is 65.0 Å². The molecule has 0 saturated heterocycles. The summed E-state index contributed by atoms with van der Waals surface area (Å²) in [5, 5.41) is 6.30. The van der Waals surface area contributed by atoms with Crippen molar-refractivity contribution in [1.82, 2.24) is 15.0 Å². The Morgan fingerprint density at radius 1 is 0.303 bits per heavy atom. The van der Waals surface area contributed by atoms with E-state index in [-0.39, 0.29) is 0 Å². The van der Waals surface area contributed by atoms with Crippen LogP contribution in [0, 0.1) is 0 Å². The molecule has 0 amide bonds. The third-order valence-electron chi connectivity index (χ3n) is 16.2. The molecule has 2 aliphatic rings. The van der Waals surface area contributed by atoms with Gasteiger partial charge in [0.05, 0.1) is 11.0 Å². The number of fused-ring (bicyclic) bond motifs is 19. The molecule has 17 rings (SSSR count). The Kier molecular flexibility index (Phi) is 8.58. The van der Waals surface area contributed by atoms with Gasteiger partial charge in [-0.05, 0) is 109 Å². The fourth-order valence-electron chi connectivity index (χ4n) is 13.0. The Hall–Kier alpha value is -9.75. The fourth-order valence-corrected chi connectivity index (χ4v) is 14.2. The van der Waals surface area contributed by atoms with Crippen LogP contribution in [0.4, 0.5) is 0 Å². The van der Waals surface area contributed by atoms with E-state index >= 15 is 0 Å². The van der Waals surface area contributed by atoms with Gasteiger partial charge in [-0.25, -0.2) is 15.0 Å². The van der Waals surface area contributed by atoms with Gasteiger partial charge in [-0.2, -0.15) is 0 Å². The number of furan rings is 2. The van der Waals surface area contributed by atoms with Crippen LogP contribution in [0.25, 0.3) is 143 Å². The highest BCUT2D eigenvalue weighted by Gasteiger charge is 2.52. The maximum Gasteiger partial charge on any atom is 0.167 e. The molecule has 0 fully saturated rings. The van der Waals surface area contributed by atoms with Crippen LogP contribution in [0.15, 0.2) is 245 Å². The lowest BCUT2D eigenvalue weighted by molar-refractivity contribution is 0.668. The van der Waals surface area contributed by atoms with Crippen molar-refractivity contribution in [1.29, 1.82) is 0 Å². The SMILES string of the molecule is c1ccc2c(c1)-c1ccccc1C21c2ccccc2-c2c(-c3ccc(-c4ccc5oc6cccc(-c7nc(-c8cccc9c8oc8ccccc89)nc(-c8cccc9sc%10ccccc%10c89)n7)c6c5c4)cc3)cccc21. The first-order chi connectivity index (χ1) is 37.7. The molecule has 0 radical (unpaired) electrons. The molecule has 0 aliphatic heterocycles. The van der Waals surface area contributed by atoms with Gasteiger partial charge >= 0.3 is 0 Å². The van der Waals surface area contributed by atoms with Gasteiger partial charge in [0, 0.05) is 52.8 Å².